The number of nitrogens with zero attached hydrogens (tertiary/aromatic N) is 1. The number of hydrogen-bond donors (Lipinski definition) is 1. The van der Waals surface area contributed by atoms with E-state index in [1.165, 1.54) is 22.4 Å². The minimum atomic E-state index is 0.0359. The fourth-order valence-electron chi connectivity index (χ4n) is 2.62. The first kappa shape index (κ1) is 14.6. The highest BCUT2D eigenvalue weighted by Crippen LogP contribution is 2.20. The lowest BCUT2D eigenvalue weighted by atomic mass is 10.0. The van der Waals surface area contributed by atoms with Gasteiger partial charge in [-0.15, -0.1) is 0 Å². The summed E-state index contributed by atoms with van der Waals surface area (Å²) < 4.78 is 0. The van der Waals surface area contributed by atoms with Crippen LogP contribution in [0.5, 0.6) is 0 Å². The van der Waals surface area contributed by atoms with Gasteiger partial charge in [0, 0.05) is 24.8 Å². The van der Waals surface area contributed by atoms with Crippen LogP contribution in [0.3, 0.4) is 0 Å². The van der Waals surface area contributed by atoms with Crippen LogP contribution in [0.1, 0.15) is 29.7 Å². The van der Waals surface area contributed by atoms with Crippen molar-refractivity contribution < 1.29 is 0 Å². The summed E-state index contributed by atoms with van der Waals surface area (Å²) in [7, 11) is 0. The first-order valence-corrected chi connectivity index (χ1v) is 7.24. The molecule has 0 bridgehead atoms. The Balaban J connectivity index is 2.15. The SMILES string of the molecule is CCN(CC(N)c1cc(C)cc(C)c1)c1ccccc1. The van der Waals surface area contributed by atoms with Gasteiger partial charge in [0.15, 0.2) is 0 Å². The Morgan fingerprint density at radius 1 is 1.00 bits per heavy atom. The number of hydrogen-bond acceptors (Lipinski definition) is 2. The summed E-state index contributed by atoms with van der Waals surface area (Å²) in [5.41, 5.74) is 11.4. The first-order valence-electron chi connectivity index (χ1n) is 7.24. The highest BCUT2D eigenvalue weighted by Gasteiger charge is 2.12. The van der Waals surface area contributed by atoms with Gasteiger partial charge in [-0.1, -0.05) is 47.5 Å². The average Bonchev–Trinajstić information content (AvgIpc) is 2.44. The molecule has 0 saturated heterocycles. The van der Waals surface area contributed by atoms with Crippen LogP contribution < -0.4 is 10.6 Å². The van der Waals surface area contributed by atoms with E-state index in [2.05, 4.69) is 68.1 Å². The molecule has 1 unspecified atom stereocenters. The number of likely N-dealkylation sites (N-methyl/N-ethyl adjacent to an activating group) is 1. The molecule has 2 aromatic carbocycles. The van der Waals surface area contributed by atoms with E-state index in [9.17, 15) is 0 Å². The molecule has 0 amide bonds. The normalized spacial score (nSPS) is 12.2. The van der Waals surface area contributed by atoms with Crippen LogP contribution in [0.4, 0.5) is 5.69 Å². The monoisotopic (exact) mass is 268 g/mol. The predicted molar refractivity (Wildman–Crippen MR) is 87.2 cm³/mol. The molecule has 0 spiro atoms. The number of benzene rings is 2. The molecule has 0 aromatic heterocycles. The van der Waals surface area contributed by atoms with E-state index in [0.717, 1.165) is 13.1 Å². The molecule has 1 atom stereocenters. The topological polar surface area (TPSA) is 29.3 Å². The van der Waals surface area contributed by atoms with Crippen molar-refractivity contribution in [2.75, 3.05) is 18.0 Å². The number of aryl methyl sites for hydroxylation is 2. The van der Waals surface area contributed by atoms with Crippen molar-refractivity contribution >= 4 is 5.69 Å². The minimum Gasteiger partial charge on any atom is -0.370 e. The number of para-hydroxylation sites is 1. The van der Waals surface area contributed by atoms with Crippen LogP contribution in [0.2, 0.25) is 0 Å². The molecule has 0 heterocycles. The molecule has 2 aromatic rings. The second-order valence-corrected chi connectivity index (χ2v) is 5.40. The summed E-state index contributed by atoms with van der Waals surface area (Å²) in [6, 6.07) is 17.1. The van der Waals surface area contributed by atoms with Crippen molar-refractivity contribution in [1.82, 2.24) is 0 Å². The number of nitrogens with two attached hydrogens (primary N) is 1. The van der Waals surface area contributed by atoms with Crippen LogP contribution in [-0.2, 0) is 0 Å². The molecule has 20 heavy (non-hydrogen) atoms. The minimum absolute atomic E-state index is 0.0359. The van der Waals surface area contributed by atoms with E-state index < -0.39 is 0 Å². The number of rotatable bonds is 5. The Kier molecular flexibility index (Phi) is 4.80. The Morgan fingerprint density at radius 3 is 2.15 bits per heavy atom. The standard InChI is InChI=1S/C18H24N2/c1-4-20(17-8-6-5-7-9-17)13-18(19)16-11-14(2)10-15(3)12-16/h5-12,18H,4,13,19H2,1-3H3. The Labute approximate surface area is 122 Å². The third-order valence-electron chi connectivity index (χ3n) is 3.59. The maximum atomic E-state index is 6.40. The van der Waals surface area contributed by atoms with Gasteiger partial charge in [0.05, 0.1) is 0 Å². The maximum absolute atomic E-state index is 6.40. The zero-order chi connectivity index (χ0) is 14.5. The molecule has 0 fully saturated rings. The summed E-state index contributed by atoms with van der Waals surface area (Å²) in [5.74, 6) is 0. The molecule has 0 radical (unpaired) electrons. The van der Waals surface area contributed by atoms with Crippen LogP contribution in [-0.4, -0.2) is 13.1 Å². The molecule has 0 aliphatic rings. The fraction of sp³-hybridized carbons (Fsp3) is 0.333. The van der Waals surface area contributed by atoms with E-state index in [1.54, 1.807) is 0 Å². The molecule has 106 valence electrons. The molecule has 2 nitrogen and oxygen atoms in total. The van der Waals surface area contributed by atoms with Gasteiger partial charge in [0.2, 0.25) is 0 Å². The van der Waals surface area contributed by atoms with E-state index >= 15 is 0 Å². The Bertz CT molecular complexity index is 528. The average molecular weight is 268 g/mol. The van der Waals surface area contributed by atoms with E-state index in [0.29, 0.717) is 0 Å². The lowest BCUT2D eigenvalue weighted by molar-refractivity contribution is 0.676. The highest BCUT2D eigenvalue weighted by molar-refractivity contribution is 5.46. The van der Waals surface area contributed by atoms with Gasteiger partial charge >= 0.3 is 0 Å². The van der Waals surface area contributed by atoms with Gasteiger partial charge in [-0.2, -0.15) is 0 Å². The van der Waals surface area contributed by atoms with Gasteiger partial charge in [-0.25, -0.2) is 0 Å². The summed E-state index contributed by atoms with van der Waals surface area (Å²) >= 11 is 0. The third-order valence-corrected chi connectivity index (χ3v) is 3.59. The van der Waals surface area contributed by atoms with E-state index in [4.69, 9.17) is 5.73 Å². The molecule has 0 saturated carbocycles. The quantitative estimate of drug-likeness (QED) is 0.893. The Morgan fingerprint density at radius 2 is 1.60 bits per heavy atom. The van der Waals surface area contributed by atoms with Crippen molar-refractivity contribution in [1.29, 1.82) is 0 Å². The zero-order valence-electron chi connectivity index (χ0n) is 12.6. The molecular formula is C18H24N2. The van der Waals surface area contributed by atoms with Gasteiger partial charge in [0.1, 0.15) is 0 Å². The van der Waals surface area contributed by atoms with Gasteiger partial charge in [0.25, 0.3) is 0 Å². The number of anilines is 1. The van der Waals surface area contributed by atoms with Crippen LogP contribution >= 0.6 is 0 Å². The van der Waals surface area contributed by atoms with Gasteiger partial charge in [-0.05, 0) is 38.5 Å². The third kappa shape index (κ3) is 3.61. The van der Waals surface area contributed by atoms with Crippen molar-refractivity contribution in [2.45, 2.75) is 26.8 Å². The van der Waals surface area contributed by atoms with Crippen molar-refractivity contribution in [3.8, 4) is 0 Å². The molecule has 2 rings (SSSR count). The lowest BCUT2D eigenvalue weighted by Gasteiger charge is -2.27. The summed E-state index contributed by atoms with van der Waals surface area (Å²) in [6.07, 6.45) is 0. The van der Waals surface area contributed by atoms with Crippen molar-refractivity contribution in [2.24, 2.45) is 5.73 Å². The summed E-state index contributed by atoms with van der Waals surface area (Å²) in [4.78, 5) is 2.32. The van der Waals surface area contributed by atoms with E-state index in [-0.39, 0.29) is 6.04 Å². The van der Waals surface area contributed by atoms with E-state index in [1.807, 2.05) is 6.07 Å². The van der Waals surface area contributed by atoms with Crippen LogP contribution in [0, 0.1) is 13.8 Å². The second kappa shape index (κ2) is 6.58. The van der Waals surface area contributed by atoms with Crippen LogP contribution in [0.15, 0.2) is 48.5 Å². The molecular weight excluding hydrogens is 244 g/mol. The highest BCUT2D eigenvalue weighted by atomic mass is 15.1. The maximum Gasteiger partial charge on any atom is 0.0473 e. The zero-order valence-corrected chi connectivity index (χ0v) is 12.6. The second-order valence-electron chi connectivity index (χ2n) is 5.40. The Hall–Kier alpha value is -1.80. The summed E-state index contributed by atoms with van der Waals surface area (Å²) in [6.45, 7) is 8.21. The fourth-order valence-corrected chi connectivity index (χ4v) is 2.62. The predicted octanol–water partition coefficient (Wildman–Crippen LogP) is 3.83. The lowest BCUT2D eigenvalue weighted by Crippen LogP contribution is -2.32. The van der Waals surface area contributed by atoms with Crippen molar-refractivity contribution in [3.05, 3.63) is 65.2 Å². The van der Waals surface area contributed by atoms with Gasteiger partial charge < -0.3 is 10.6 Å². The molecule has 0 aliphatic heterocycles. The largest absolute Gasteiger partial charge is 0.370 e. The van der Waals surface area contributed by atoms with Crippen molar-refractivity contribution in [3.63, 3.8) is 0 Å². The molecule has 2 N–H and O–H groups in total. The summed E-state index contributed by atoms with van der Waals surface area (Å²) in [5, 5.41) is 0. The smallest absolute Gasteiger partial charge is 0.0473 e. The van der Waals surface area contributed by atoms with Crippen LogP contribution in [0.25, 0.3) is 0 Å². The molecule has 0 aliphatic carbocycles. The first-order chi connectivity index (χ1) is 9.60. The molecule has 2 heteroatoms. The van der Waals surface area contributed by atoms with Gasteiger partial charge in [-0.3, -0.25) is 0 Å².